The van der Waals surface area contributed by atoms with Gasteiger partial charge in [0, 0.05) is 18.7 Å². The molecular formula is C14H16N2O2. The van der Waals surface area contributed by atoms with E-state index in [9.17, 15) is 0 Å². The van der Waals surface area contributed by atoms with Gasteiger partial charge in [0.1, 0.15) is 17.6 Å². The van der Waals surface area contributed by atoms with Crippen LogP contribution in [0.2, 0.25) is 0 Å². The average molecular weight is 244 g/mol. The normalized spacial score (nSPS) is 19.9. The van der Waals surface area contributed by atoms with E-state index in [1.165, 1.54) is 0 Å². The molecule has 1 aliphatic rings. The Morgan fingerprint density at radius 3 is 2.83 bits per heavy atom. The lowest BCUT2D eigenvalue weighted by Gasteiger charge is -2.22. The number of nitrogens with one attached hydrogen (secondary N) is 1. The quantitative estimate of drug-likeness (QED) is 0.880. The summed E-state index contributed by atoms with van der Waals surface area (Å²) in [5.41, 5.74) is 1.90. The molecule has 0 spiro atoms. The molecule has 18 heavy (non-hydrogen) atoms. The molecule has 4 heteroatoms. The fourth-order valence-corrected chi connectivity index (χ4v) is 2.15. The Kier molecular flexibility index (Phi) is 3.13. The maximum Gasteiger partial charge on any atom is 0.226 e. The van der Waals surface area contributed by atoms with Crippen molar-refractivity contribution in [1.29, 1.82) is 0 Å². The van der Waals surface area contributed by atoms with Gasteiger partial charge in [-0.2, -0.15) is 0 Å². The number of aryl methyl sites for hydroxylation is 1. The van der Waals surface area contributed by atoms with Crippen molar-refractivity contribution in [3.63, 3.8) is 0 Å². The molecule has 1 unspecified atom stereocenters. The molecule has 1 N–H and O–H groups in total. The van der Waals surface area contributed by atoms with E-state index >= 15 is 0 Å². The van der Waals surface area contributed by atoms with Crippen molar-refractivity contribution in [3.05, 3.63) is 41.8 Å². The first-order valence-electron chi connectivity index (χ1n) is 6.19. The van der Waals surface area contributed by atoms with Gasteiger partial charge in [0.2, 0.25) is 5.89 Å². The predicted octanol–water partition coefficient (Wildman–Crippen LogP) is 2.31. The summed E-state index contributed by atoms with van der Waals surface area (Å²) in [5, 5.41) is 3.30. The van der Waals surface area contributed by atoms with Gasteiger partial charge < -0.3 is 14.5 Å². The molecule has 0 amide bonds. The Bertz CT molecular complexity index is 516. The van der Waals surface area contributed by atoms with Crippen LogP contribution in [0.25, 0.3) is 11.5 Å². The fraction of sp³-hybridized carbons (Fsp3) is 0.357. The summed E-state index contributed by atoms with van der Waals surface area (Å²) < 4.78 is 11.4. The van der Waals surface area contributed by atoms with Gasteiger partial charge in [-0.3, -0.25) is 0 Å². The summed E-state index contributed by atoms with van der Waals surface area (Å²) in [5.74, 6) is 1.50. The van der Waals surface area contributed by atoms with E-state index in [-0.39, 0.29) is 6.10 Å². The maximum absolute atomic E-state index is 5.74. The highest BCUT2D eigenvalue weighted by Gasteiger charge is 2.23. The smallest absolute Gasteiger partial charge is 0.226 e. The first-order chi connectivity index (χ1) is 8.84. The van der Waals surface area contributed by atoms with E-state index in [1.807, 2.05) is 37.3 Å². The van der Waals surface area contributed by atoms with Crippen molar-refractivity contribution in [2.45, 2.75) is 13.0 Å². The van der Waals surface area contributed by atoms with Gasteiger partial charge in [-0.1, -0.05) is 18.2 Å². The number of benzene rings is 1. The minimum atomic E-state index is -0.0000350. The second kappa shape index (κ2) is 4.92. The van der Waals surface area contributed by atoms with Crippen molar-refractivity contribution in [1.82, 2.24) is 10.3 Å². The molecule has 94 valence electrons. The molecular weight excluding hydrogens is 228 g/mol. The van der Waals surface area contributed by atoms with Gasteiger partial charge in [0.25, 0.3) is 0 Å². The number of nitrogens with zero attached hydrogens (tertiary/aromatic N) is 1. The number of ether oxygens (including phenoxy) is 1. The molecule has 0 aliphatic carbocycles. The molecule has 3 rings (SSSR count). The lowest BCUT2D eigenvalue weighted by Crippen LogP contribution is -2.33. The van der Waals surface area contributed by atoms with E-state index in [0.717, 1.165) is 36.7 Å². The zero-order chi connectivity index (χ0) is 12.4. The topological polar surface area (TPSA) is 47.3 Å². The van der Waals surface area contributed by atoms with Gasteiger partial charge in [-0.25, -0.2) is 4.98 Å². The van der Waals surface area contributed by atoms with Crippen molar-refractivity contribution in [2.75, 3.05) is 19.7 Å². The van der Waals surface area contributed by atoms with E-state index in [1.54, 1.807) is 0 Å². The molecule has 1 atom stereocenters. The third-order valence-electron chi connectivity index (χ3n) is 3.09. The summed E-state index contributed by atoms with van der Waals surface area (Å²) in [6, 6.07) is 9.93. The standard InChI is InChI=1S/C14H16N2O2/c1-10-13(12-9-15-7-8-17-12)16-14(18-10)11-5-3-2-4-6-11/h2-6,12,15H,7-9H2,1H3. The van der Waals surface area contributed by atoms with Crippen LogP contribution in [0.3, 0.4) is 0 Å². The Morgan fingerprint density at radius 2 is 2.11 bits per heavy atom. The van der Waals surface area contributed by atoms with E-state index in [2.05, 4.69) is 10.3 Å². The highest BCUT2D eigenvalue weighted by molar-refractivity contribution is 5.53. The van der Waals surface area contributed by atoms with Crippen LogP contribution in [0.1, 0.15) is 17.6 Å². The third-order valence-corrected chi connectivity index (χ3v) is 3.09. The Labute approximate surface area is 106 Å². The van der Waals surface area contributed by atoms with Gasteiger partial charge in [0.05, 0.1) is 6.61 Å². The van der Waals surface area contributed by atoms with Crippen LogP contribution in [0.4, 0.5) is 0 Å². The minimum Gasteiger partial charge on any atom is -0.441 e. The molecule has 0 bridgehead atoms. The summed E-state index contributed by atoms with van der Waals surface area (Å²) in [7, 11) is 0. The minimum absolute atomic E-state index is 0.0000350. The van der Waals surface area contributed by atoms with Crippen LogP contribution in [-0.2, 0) is 4.74 Å². The molecule has 1 fully saturated rings. The predicted molar refractivity (Wildman–Crippen MR) is 68.2 cm³/mol. The third kappa shape index (κ3) is 2.17. The molecule has 0 radical (unpaired) electrons. The van der Waals surface area contributed by atoms with Crippen LogP contribution in [0.5, 0.6) is 0 Å². The van der Waals surface area contributed by atoms with E-state index in [0.29, 0.717) is 5.89 Å². The second-order valence-corrected chi connectivity index (χ2v) is 4.39. The van der Waals surface area contributed by atoms with Crippen LogP contribution in [-0.4, -0.2) is 24.7 Å². The number of oxazole rings is 1. The lowest BCUT2D eigenvalue weighted by molar-refractivity contribution is 0.0245. The summed E-state index contributed by atoms with van der Waals surface area (Å²) in [6.07, 6.45) is -0.0000350. The Balaban J connectivity index is 1.91. The Morgan fingerprint density at radius 1 is 1.28 bits per heavy atom. The van der Waals surface area contributed by atoms with E-state index < -0.39 is 0 Å². The Hall–Kier alpha value is -1.65. The largest absolute Gasteiger partial charge is 0.441 e. The summed E-state index contributed by atoms with van der Waals surface area (Å²) in [6.45, 7) is 4.35. The highest BCUT2D eigenvalue weighted by Crippen LogP contribution is 2.27. The van der Waals surface area contributed by atoms with Crippen LogP contribution in [0, 0.1) is 6.92 Å². The summed E-state index contributed by atoms with van der Waals surface area (Å²) >= 11 is 0. The molecule has 1 saturated heterocycles. The molecule has 1 aromatic heterocycles. The molecule has 0 saturated carbocycles. The van der Waals surface area contributed by atoms with Crippen molar-refractivity contribution in [3.8, 4) is 11.5 Å². The SMILES string of the molecule is Cc1oc(-c2ccccc2)nc1C1CNCCO1. The maximum atomic E-state index is 5.74. The van der Waals surface area contributed by atoms with Crippen LogP contribution in [0.15, 0.2) is 34.7 Å². The van der Waals surface area contributed by atoms with Crippen LogP contribution >= 0.6 is 0 Å². The molecule has 2 heterocycles. The number of hydrogen-bond donors (Lipinski definition) is 1. The van der Waals surface area contributed by atoms with Crippen molar-refractivity contribution >= 4 is 0 Å². The zero-order valence-corrected chi connectivity index (χ0v) is 10.3. The summed E-state index contributed by atoms with van der Waals surface area (Å²) in [4.78, 5) is 4.57. The van der Waals surface area contributed by atoms with Crippen molar-refractivity contribution < 1.29 is 9.15 Å². The highest BCUT2D eigenvalue weighted by atomic mass is 16.5. The van der Waals surface area contributed by atoms with Gasteiger partial charge >= 0.3 is 0 Å². The first kappa shape index (κ1) is 11.4. The second-order valence-electron chi connectivity index (χ2n) is 4.39. The van der Waals surface area contributed by atoms with Crippen LogP contribution < -0.4 is 5.32 Å². The molecule has 1 aromatic carbocycles. The number of aromatic nitrogens is 1. The number of morpholine rings is 1. The number of rotatable bonds is 2. The van der Waals surface area contributed by atoms with E-state index in [4.69, 9.17) is 9.15 Å². The average Bonchev–Trinajstić information content (AvgIpc) is 2.83. The zero-order valence-electron chi connectivity index (χ0n) is 10.3. The van der Waals surface area contributed by atoms with Gasteiger partial charge in [0.15, 0.2) is 0 Å². The molecule has 4 nitrogen and oxygen atoms in total. The number of hydrogen-bond acceptors (Lipinski definition) is 4. The van der Waals surface area contributed by atoms with Gasteiger partial charge in [-0.05, 0) is 19.1 Å². The molecule has 1 aliphatic heterocycles. The first-order valence-corrected chi connectivity index (χ1v) is 6.19. The van der Waals surface area contributed by atoms with Crippen molar-refractivity contribution in [2.24, 2.45) is 0 Å². The fourth-order valence-electron chi connectivity index (χ4n) is 2.15. The lowest BCUT2D eigenvalue weighted by atomic mass is 10.2. The monoisotopic (exact) mass is 244 g/mol. The molecule has 2 aromatic rings. The van der Waals surface area contributed by atoms with Gasteiger partial charge in [-0.15, -0.1) is 0 Å².